The molecule has 1 heterocycles. The number of carbonyl (C=O) groups excluding carboxylic acids is 1. The maximum atomic E-state index is 13.0. The summed E-state index contributed by atoms with van der Waals surface area (Å²) in [5, 5.41) is 3.10. The Bertz CT molecular complexity index is 466. The van der Waals surface area contributed by atoms with Crippen molar-refractivity contribution in [2.75, 3.05) is 19.6 Å². The number of carbonyl (C=O) groups is 1. The van der Waals surface area contributed by atoms with E-state index in [1.165, 1.54) is 12.1 Å². The van der Waals surface area contributed by atoms with Crippen LogP contribution in [0.4, 0.5) is 4.39 Å². The molecule has 0 saturated carbocycles. The standard InChI is InChI=1S/C18H27FN2O/c1-3-17(15-5-7-16(19)8-6-15)20-18(22)13-14-9-11-21(4-2)12-10-14/h5-8,14,17H,3-4,9-13H2,1-2H3,(H,20,22)/t17-/m1/s1. The lowest BCUT2D eigenvalue weighted by molar-refractivity contribution is -0.123. The number of nitrogens with zero attached hydrogens (tertiary/aromatic N) is 1. The molecule has 0 aromatic heterocycles. The van der Waals surface area contributed by atoms with Crippen molar-refractivity contribution in [1.82, 2.24) is 10.2 Å². The molecule has 1 atom stereocenters. The van der Waals surface area contributed by atoms with E-state index in [4.69, 9.17) is 0 Å². The van der Waals surface area contributed by atoms with Crippen LogP contribution in [-0.2, 0) is 4.79 Å². The highest BCUT2D eigenvalue weighted by Gasteiger charge is 2.22. The minimum atomic E-state index is -0.243. The second-order valence-corrected chi connectivity index (χ2v) is 6.16. The number of rotatable bonds is 6. The highest BCUT2D eigenvalue weighted by atomic mass is 19.1. The summed E-state index contributed by atoms with van der Waals surface area (Å²) in [4.78, 5) is 14.7. The maximum Gasteiger partial charge on any atom is 0.220 e. The summed E-state index contributed by atoms with van der Waals surface area (Å²) in [7, 11) is 0. The van der Waals surface area contributed by atoms with Crippen LogP contribution in [0.15, 0.2) is 24.3 Å². The van der Waals surface area contributed by atoms with Gasteiger partial charge in [0.25, 0.3) is 0 Å². The van der Waals surface area contributed by atoms with Gasteiger partial charge in [0.05, 0.1) is 6.04 Å². The van der Waals surface area contributed by atoms with Crippen LogP contribution in [0.25, 0.3) is 0 Å². The number of piperidine rings is 1. The quantitative estimate of drug-likeness (QED) is 0.872. The summed E-state index contributed by atoms with van der Waals surface area (Å²) in [5.74, 6) is 0.368. The third-order valence-electron chi connectivity index (χ3n) is 4.64. The van der Waals surface area contributed by atoms with Crippen LogP contribution in [0.5, 0.6) is 0 Å². The summed E-state index contributed by atoms with van der Waals surface area (Å²) in [5.41, 5.74) is 0.970. The Kier molecular flexibility index (Phi) is 6.37. The van der Waals surface area contributed by atoms with Crippen LogP contribution in [0.3, 0.4) is 0 Å². The molecule has 1 aromatic rings. The Hall–Kier alpha value is -1.42. The van der Waals surface area contributed by atoms with Gasteiger partial charge in [-0.1, -0.05) is 26.0 Å². The van der Waals surface area contributed by atoms with E-state index in [-0.39, 0.29) is 17.8 Å². The molecule has 1 aromatic carbocycles. The number of likely N-dealkylation sites (tertiary alicyclic amines) is 1. The zero-order chi connectivity index (χ0) is 15.9. The fourth-order valence-electron chi connectivity index (χ4n) is 3.14. The first-order chi connectivity index (χ1) is 10.6. The predicted octanol–water partition coefficient (Wildman–Crippen LogP) is 3.52. The van der Waals surface area contributed by atoms with E-state index in [1.807, 2.05) is 6.92 Å². The Morgan fingerprint density at radius 2 is 1.91 bits per heavy atom. The van der Waals surface area contributed by atoms with Gasteiger partial charge in [-0.25, -0.2) is 4.39 Å². The van der Waals surface area contributed by atoms with Crippen LogP contribution < -0.4 is 5.32 Å². The SMILES string of the molecule is CC[C@@H](NC(=O)CC1CCN(CC)CC1)c1ccc(F)cc1. The van der Waals surface area contributed by atoms with Gasteiger partial charge in [0.15, 0.2) is 0 Å². The topological polar surface area (TPSA) is 32.3 Å². The van der Waals surface area contributed by atoms with E-state index < -0.39 is 0 Å². The van der Waals surface area contributed by atoms with Gasteiger partial charge in [-0.3, -0.25) is 4.79 Å². The van der Waals surface area contributed by atoms with Crippen LogP contribution in [0.2, 0.25) is 0 Å². The van der Waals surface area contributed by atoms with E-state index >= 15 is 0 Å². The van der Waals surface area contributed by atoms with E-state index in [1.54, 1.807) is 12.1 Å². The number of hydrogen-bond acceptors (Lipinski definition) is 2. The summed E-state index contributed by atoms with van der Waals surface area (Å²) in [6.45, 7) is 7.52. The van der Waals surface area contributed by atoms with Crippen LogP contribution in [0, 0.1) is 11.7 Å². The summed E-state index contributed by atoms with van der Waals surface area (Å²) < 4.78 is 13.0. The van der Waals surface area contributed by atoms with Gasteiger partial charge in [0, 0.05) is 6.42 Å². The van der Waals surface area contributed by atoms with E-state index in [0.29, 0.717) is 12.3 Å². The average Bonchev–Trinajstić information content (AvgIpc) is 2.54. The van der Waals surface area contributed by atoms with Crippen LogP contribution >= 0.6 is 0 Å². The Morgan fingerprint density at radius 1 is 1.27 bits per heavy atom. The molecule has 0 unspecified atom stereocenters. The lowest BCUT2D eigenvalue weighted by Gasteiger charge is -2.31. The summed E-state index contributed by atoms with van der Waals surface area (Å²) >= 11 is 0. The minimum absolute atomic E-state index is 0.0242. The Labute approximate surface area is 132 Å². The first-order valence-corrected chi connectivity index (χ1v) is 8.39. The zero-order valence-electron chi connectivity index (χ0n) is 13.6. The van der Waals surface area contributed by atoms with Crippen molar-refractivity contribution < 1.29 is 9.18 Å². The van der Waals surface area contributed by atoms with Crippen molar-refractivity contribution in [2.45, 2.75) is 45.6 Å². The van der Waals surface area contributed by atoms with Crippen molar-refractivity contribution in [1.29, 1.82) is 0 Å². The van der Waals surface area contributed by atoms with Gasteiger partial charge in [-0.15, -0.1) is 0 Å². The molecule has 1 saturated heterocycles. The molecule has 1 amide bonds. The van der Waals surface area contributed by atoms with E-state index in [2.05, 4.69) is 17.1 Å². The molecule has 2 rings (SSSR count). The number of benzene rings is 1. The van der Waals surface area contributed by atoms with Gasteiger partial charge in [-0.2, -0.15) is 0 Å². The second-order valence-electron chi connectivity index (χ2n) is 6.16. The lowest BCUT2D eigenvalue weighted by Crippen LogP contribution is -2.36. The van der Waals surface area contributed by atoms with Crippen molar-refractivity contribution >= 4 is 5.91 Å². The maximum absolute atomic E-state index is 13.0. The molecule has 1 N–H and O–H groups in total. The van der Waals surface area contributed by atoms with Crippen LogP contribution in [-0.4, -0.2) is 30.4 Å². The highest BCUT2D eigenvalue weighted by Crippen LogP contribution is 2.22. The molecular formula is C18H27FN2O. The molecule has 0 radical (unpaired) electrons. The highest BCUT2D eigenvalue weighted by molar-refractivity contribution is 5.76. The number of amides is 1. The molecule has 1 fully saturated rings. The molecule has 3 nitrogen and oxygen atoms in total. The molecule has 0 aliphatic carbocycles. The normalized spacial score (nSPS) is 18.1. The predicted molar refractivity (Wildman–Crippen MR) is 87.0 cm³/mol. The first-order valence-electron chi connectivity index (χ1n) is 8.39. The van der Waals surface area contributed by atoms with Gasteiger partial charge in [0.2, 0.25) is 5.91 Å². The van der Waals surface area contributed by atoms with Crippen molar-refractivity contribution in [3.8, 4) is 0 Å². The van der Waals surface area contributed by atoms with Gasteiger partial charge >= 0.3 is 0 Å². The fraction of sp³-hybridized carbons (Fsp3) is 0.611. The van der Waals surface area contributed by atoms with Crippen molar-refractivity contribution in [2.24, 2.45) is 5.92 Å². The molecule has 1 aliphatic heterocycles. The molecular weight excluding hydrogens is 279 g/mol. The first kappa shape index (κ1) is 16.9. The largest absolute Gasteiger partial charge is 0.349 e. The number of hydrogen-bond donors (Lipinski definition) is 1. The fourth-order valence-corrected chi connectivity index (χ4v) is 3.14. The third kappa shape index (κ3) is 4.80. The monoisotopic (exact) mass is 306 g/mol. The molecule has 0 spiro atoms. The van der Waals surface area contributed by atoms with Gasteiger partial charge in [0.1, 0.15) is 5.82 Å². The Morgan fingerprint density at radius 3 is 2.45 bits per heavy atom. The zero-order valence-corrected chi connectivity index (χ0v) is 13.6. The molecule has 0 bridgehead atoms. The Balaban J connectivity index is 1.83. The van der Waals surface area contributed by atoms with Crippen molar-refractivity contribution in [3.63, 3.8) is 0 Å². The molecule has 4 heteroatoms. The lowest BCUT2D eigenvalue weighted by atomic mass is 9.93. The molecule has 22 heavy (non-hydrogen) atoms. The average molecular weight is 306 g/mol. The molecule has 1 aliphatic rings. The summed E-state index contributed by atoms with van der Waals surface area (Å²) in [6.07, 6.45) is 3.63. The van der Waals surface area contributed by atoms with Crippen LogP contribution in [0.1, 0.15) is 51.1 Å². The van der Waals surface area contributed by atoms with Crippen molar-refractivity contribution in [3.05, 3.63) is 35.6 Å². The number of halogens is 1. The van der Waals surface area contributed by atoms with E-state index in [9.17, 15) is 9.18 Å². The van der Waals surface area contributed by atoms with Gasteiger partial charge < -0.3 is 10.2 Å². The summed E-state index contributed by atoms with van der Waals surface area (Å²) in [6, 6.07) is 6.38. The third-order valence-corrected chi connectivity index (χ3v) is 4.64. The molecule has 122 valence electrons. The smallest absolute Gasteiger partial charge is 0.220 e. The second kappa shape index (κ2) is 8.28. The van der Waals surface area contributed by atoms with Gasteiger partial charge in [-0.05, 0) is 62.5 Å². The minimum Gasteiger partial charge on any atom is -0.349 e. The van der Waals surface area contributed by atoms with E-state index in [0.717, 1.165) is 44.5 Å². The number of nitrogens with one attached hydrogen (secondary N) is 1.